The second kappa shape index (κ2) is 12.3. The molecule has 10 rings (SSSR count). The number of rotatable bonds is 5. The molecular weight excluding hydrogens is 637 g/mol. The molecule has 0 saturated heterocycles. The summed E-state index contributed by atoms with van der Waals surface area (Å²) >= 11 is 0. The van der Waals surface area contributed by atoms with E-state index in [-0.39, 0.29) is 0 Å². The molecule has 0 spiro atoms. The molecular formula is C46H28N6. The molecule has 0 bridgehead atoms. The van der Waals surface area contributed by atoms with E-state index in [1.807, 2.05) is 60.8 Å². The number of hydrogen-bond acceptors (Lipinski definition) is 6. The first-order chi connectivity index (χ1) is 25.8. The van der Waals surface area contributed by atoms with Gasteiger partial charge in [0.05, 0.1) is 50.7 Å². The Balaban J connectivity index is 1.12. The Morgan fingerprint density at radius 3 is 1.67 bits per heavy atom. The van der Waals surface area contributed by atoms with Crippen molar-refractivity contribution in [2.75, 3.05) is 0 Å². The van der Waals surface area contributed by atoms with Gasteiger partial charge >= 0.3 is 0 Å². The minimum atomic E-state index is 0.795. The van der Waals surface area contributed by atoms with E-state index in [4.69, 9.17) is 19.9 Å². The molecule has 6 nitrogen and oxygen atoms in total. The van der Waals surface area contributed by atoms with Gasteiger partial charge in [0.2, 0.25) is 0 Å². The zero-order chi connectivity index (χ0) is 34.4. The normalized spacial score (nSPS) is 11.5. The summed E-state index contributed by atoms with van der Waals surface area (Å²) in [4.78, 5) is 29.6. The fourth-order valence-electron chi connectivity index (χ4n) is 7.04. The predicted octanol–water partition coefficient (Wildman–Crippen LogP) is 11.0. The Bertz CT molecular complexity index is 2870. The molecule has 0 saturated carbocycles. The monoisotopic (exact) mass is 664 g/mol. The van der Waals surface area contributed by atoms with Gasteiger partial charge < -0.3 is 0 Å². The third-order valence-corrected chi connectivity index (χ3v) is 9.61. The van der Waals surface area contributed by atoms with E-state index in [0.717, 1.165) is 99.9 Å². The molecule has 0 unspecified atom stereocenters. The first-order valence-electron chi connectivity index (χ1n) is 17.2. The van der Waals surface area contributed by atoms with E-state index in [0.29, 0.717) is 0 Å². The topological polar surface area (TPSA) is 77.3 Å². The van der Waals surface area contributed by atoms with Gasteiger partial charge in [-0.3, -0.25) is 15.0 Å². The van der Waals surface area contributed by atoms with Crippen molar-refractivity contribution in [2.45, 2.75) is 0 Å². The van der Waals surface area contributed by atoms with Crippen LogP contribution in [0, 0.1) is 0 Å². The van der Waals surface area contributed by atoms with Crippen molar-refractivity contribution >= 4 is 43.5 Å². The van der Waals surface area contributed by atoms with Gasteiger partial charge in [0.25, 0.3) is 0 Å². The number of pyridine rings is 6. The number of fused-ring (bicyclic) bond motifs is 7. The van der Waals surface area contributed by atoms with Crippen LogP contribution in [0.3, 0.4) is 0 Å². The summed E-state index contributed by atoms with van der Waals surface area (Å²) in [7, 11) is 0. The molecule has 0 aliphatic rings. The van der Waals surface area contributed by atoms with Crippen molar-refractivity contribution in [3.63, 3.8) is 0 Å². The van der Waals surface area contributed by atoms with Gasteiger partial charge in [-0.1, -0.05) is 103 Å². The molecule has 0 aliphatic heterocycles. The third-order valence-electron chi connectivity index (χ3n) is 9.61. The molecule has 10 aromatic rings. The van der Waals surface area contributed by atoms with Crippen LogP contribution in [-0.2, 0) is 0 Å². The van der Waals surface area contributed by atoms with Crippen LogP contribution >= 0.6 is 0 Å². The van der Waals surface area contributed by atoms with Gasteiger partial charge in [-0.15, -0.1) is 0 Å². The van der Waals surface area contributed by atoms with Crippen molar-refractivity contribution in [3.05, 3.63) is 170 Å². The van der Waals surface area contributed by atoms with Gasteiger partial charge in [0.1, 0.15) is 0 Å². The van der Waals surface area contributed by atoms with Gasteiger partial charge in [-0.05, 0) is 65.0 Å². The first-order valence-corrected chi connectivity index (χ1v) is 17.2. The van der Waals surface area contributed by atoms with E-state index >= 15 is 0 Å². The maximum atomic E-state index is 5.40. The van der Waals surface area contributed by atoms with Gasteiger partial charge in [-0.2, -0.15) is 0 Å². The molecule has 0 N–H and O–H groups in total. The van der Waals surface area contributed by atoms with Crippen LogP contribution < -0.4 is 0 Å². The van der Waals surface area contributed by atoms with Crippen molar-refractivity contribution in [1.29, 1.82) is 0 Å². The summed E-state index contributed by atoms with van der Waals surface area (Å²) in [5.74, 6) is 0. The summed E-state index contributed by atoms with van der Waals surface area (Å²) in [6.07, 6.45) is 5.54. The fourth-order valence-corrected chi connectivity index (χ4v) is 7.04. The van der Waals surface area contributed by atoms with Crippen molar-refractivity contribution in [1.82, 2.24) is 29.9 Å². The Morgan fingerprint density at radius 2 is 0.962 bits per heavy atom. The maximum absolute atomic E-state index is 5.40. The second-order valence-corrected chi connectivity index (χ2v) is 12.8. The Kier molecular flexibility index (Phi) is 7.03. The van der Waals surface area contributed by atoms with Crippen LogP contribution in [-0.4, -0.2) is 29.9 Å². The zero-order valence-corrected chi connectivity index (χ0v) is 27.8. The molecule has 0 atom stereocenters. The minimum absolute atomic E-state index is 0.795. The van der Waals surface area contributed by atoms with Crippen LogP contribution in [0.5, 0.6) is 0 Å². The van der Waals surface area contributed by atoms with E-state index in [1.165, 1.54) is 0 Å². The van der Waals surface area contributed by atoms with E-state index in [1.54, 1.807) is 12.4 Å². The molecule has 4 aromatic carbocycles. The summed E-state index contributed by atoms with van der Waals surface area (Å²) in [5.41, 5.74) is 11.9. The largest absolute Gasteiger partial charge is 0.255 e. The standard InChI is InChI=1S/C46H28N6/c1-2-10-30(11-3-1)38-23-21-32-20-22-36-45-37(28-49-46(36)44(32)51-38)34-12-4-5-13-35(34)43(52-45)31-18-16-29(17-19-31)33-26-41(39-14-6-8-24-47-39)50-42(27-33)40-15-7-9-25-48-40/h1-28H. The Labute approximate surface area is 299 Å². The molecule has 0 fully saturated rings. The molecule has 6 heterocycles. The SMILES string of the molecule is c1ccc(-c2ccc3ccc4c5nc(-c6ccc(-c7cc(-c8ccccn8)nc(-c8ccccn8)c7)cc6)c6ccccc6c5cnc4c3n2)cc1. The zero-order valence-electron chi connectivity index (χ0n) is 27.8. The highest BCUT2D eigenvalue weighted by Crippen LogP contribution is 2.37. The summed E-state index contributed by atoms with van der Waals surface area (Å²) in [6, 6.07) is 51.7. The molecule has 6 heteroatoms. The second-order valence-electron chi connectivity index (χ2n) is 12.8. The van der Waals surface area contributed by atoms with Crippen molar-refractivity contribution < 1.29 is 0 Å². The highest BCUT2D eigenvalue weighted by Gasteiger charge is 2.16. The minimum Gasteiger partial charge on any atom is -0.255 e. The van der Waals surface area contributed by atoms with E-state index < -0.39 is 0 Å². The molecule has 242 valence electrons. The first kappa shape index (κ1) is 29.7. The van der Waals surface area contributed by atoms with Gasteiger partial charge in [-0.25, -0.2) is 15.0 Å². The van der Waals surface area contributed by atoms with Crippen LogP contribution in [0.25, 0.3) is 99.9 Å². The summed E-state index contributed by atoms with van der Waals surface area (Å²) < 4.78 is 0. The lowest BCUT2D eigenvalue weighted by molar-refractivity contribution is 1.22. The average molecular weight is 665 g/mol. The highest BCUT2D eigenvalue weighted by molar-refractivity contribution is 6.20. The lowest BCUT2D eigenvalue weighted by Gasteiger charge is -2.13. The molecule has 0 aliphatic carbocycles. The quantitative estimate of drug-likeness (QED) is 0.170. The molecule has 0 radical (unpaired) electrons. The molecule has 52 heavy (non-hydrogen) atoms. The lowest BCUT2D eigenvalue weighted by Crippen LogP contribution is -1.95. The van der Waals surface area contributed by atoms with Crippen molar-refractivity contribution in [2.24, 2.45) is 0 Å². The van der Waals surface area contributed by atoms with Gasteiger partial charge in [0, 0.05) is 51.3 Å². The molecule has 0 amide bonds. The van der Waals surface area contributed by atoms with Crippen LogP contribution in [0.1, 0.15) is 0 Å². The molecule has 6 aromatic heterocycles. The number of nitrogens with zero attached hydrogens (tertiary/aromatic N) is 6. The summed E-state index contributed by atoms with van der Waals surface area (Å²) in [6.45, 7) is 0. The van der Waals surface area contributed by atoms with Crippen molar-refractivity contribution in [3.8, 4) is 56.4 Å². The lowest BCUT2D eigenvalue weighted by atomic mass is 9.97. The van der Waals surface area contributed by atoms with Crippen LogP contribution in [0.15, 0.2) is 170 Å². The fraction of sp³-hybridized carbons (Fsp3) is 0. The number of hydrogen-bond donors (Lipinski definition) is 0. The maximum Gasteiger partial charge on any atom is 0.0986 e. The van der Waals surface area contributed by atoms with Crippen LogP contribution in [0.4, 0.5) is 0 Å². The van der Waals surface area contributed by atoms with E-state index in [9.17, 15) is 0 Å². The smallest absolute Gasteiger partial charge is 0.0986 e. The third kappa shape index (κ3) is 5.13. The van der Waals surface area contributed by atoms with Crippen LogP contribution in [0.2, 0.25) is 0 Å². The van der Waals surface area contributed by atoms with E-state index in [2.05, 4.69) is 107 Å². The Morgan fingerprint density at radius 1 is 0.308 bits per heavy atom. The number of benzene rings is 4. The number of aromatic nitrogens is 6. The average Bonchev–Trinajstić information content (AvgIpc) is 3.23. The summed E-state index contributed by atoms with van der Waals surface area (Å²) in [5, 5.41) is 5.23. The van der Waals surface area contributed by atoms with Gasteiger partial charge in [0.15, 0.2) is 0 Å². The Hall–Kier alpha value is -7.18. The highest BCUT2D eigenvalue weighted by atomic mass is 14.8. The predicted molar refractivity (Wildman–Crippen MR) is 210 cm³/mol.